The van der Waals surface area contributed by atoms with Gasteiger partial charge in [-0.3, -0.25) is 4.79 Å². The molecule has 1 aromatic carbocycles. The number of hydrogen-bond donors (Lipinski definition) is 0. The maximum atomic E-state index is 12.6. The van der Waals surface area contributed by atoms with Crippen molar-refractivity contribution in [2.45, 2.75) is 13.1 Å². The van der Waals surface area contributed by atoms with Crippen LogP contribution in [0.4, 0.5) is 0 Å². The van der Waals surface area contributed by atoms with E-state index in [9.17, 15) is 4.79 Å². The van der Waals surface area contributed by atoms with Gasteiger partial charge in [-0.15, -0.1) is 0 Å². The first-order valence-corrected chi connectivity index (χ1v) is 8.20. The second-order valence-electron chi connectivity index (χ2n) is 6.08. The summed E-state index contributed by atoms with van der Waals surface area (Å²) < 4.78 is 6.77. The van der Waals surface area contributed by atoms with Crippen LogP contribution in [-0.2, 0) is 13.1 Å². The van der Waals surface area contributed by atoms with E-state index in [1.165, 1.54) is 11.8 Å². The van der Waals surface area contributed by atoms with Crippen molar-refractivity contribution in [2.75, 3.05) is 7.05 Å². The van der Waals surface area contributed by atoms with Gasteiger partial charge in [-0.05, 0) is 11.6 Å². The van der Waals surface area contributed by atoms with Crippen LogP contribution in [-0.4, -0.2) is 37.5 Å². The highest BCUT2D eigenvalue weighted by Gasteiger charge is 2.16. The van der Waals surface area contributed by atoms with Gasteiger partial charge >= 0.3 is 0 Å². The lowest BCUT2D eigenvalue weighted by molar-refractivity contribution is 0.0782. The lowest BCUT2D eigenvalue weighted by atomic mass is 10.2. The number of imidazole rings is 1. The predicted octanol–water partition coefficient (Wildman–Crippen LogP) is 2.74. The van der Waals surface area contributed by atoms with Gasteiger partial charge in [0.25, 0.3) is 5.91 Å². The minimum absolute atomic E-state index is 0.139. The minimum atomic E-state index is -0.139. The molecule has 7 nitrogen and oxygen atoms in total. The smallest absolute Gasteiger partial charge is 0.255 e. The summed E-state index contributed by atoms with van der Waals surface area (Å²) in [5.74, 6) is -0.139. The van der Waals surface area contributed by atoms with Crippen LogP contribution in [0.3, 0.4) is 0 Å². The molecule has 0 radical (unpaired) electrons. The summed E-state index contributed by atoms with van der Waals surface area (Å²) in [6.45, 7) is 1.06. The molecule has 0 aliphatic rings. The molecule has 130 valence electrons. The lowest BCUT2D eigenvalue weighted by Gasteiger charge is -2.15. The first-order chi connectivity index (χ1) is 12.7. The number of fused-ring (bicyclic) bond motifs is 1. The van der Waals surface area contributed by atoms with E-state index >= 15 is 0 Å². The van der Waals surface area contributed by atoms with Crippen LogP contribution in [0.1, 0.15) is 21.6 Å². The fraction of sp³-hybridized carbons (Fsp3) is 0.158. The van der Waals surface area contributed by atoms with Crippen LogP contribution in [0.25, 0.3) is 11.2 Å². The standard InChI is InChI=1S/C19H17N5O2/c1-23(12-16-7-8-26-22-16)19(25)15-9-17-18(20-10-15)24(13-21-17)11-14-5-3-2-4-6-14/h2-10,13H,11-12H2,1H3. The molecule has 0 atom stereocenters. The Kier molecular flexibility index (Phi) is 4.18. The summed E-state index contributed by atoms with van der Waals surface area (Å²) in [4.78, 5) is 23.0. The average Bonchev–Trinajstić information content (AvgIpc) is 3.32. The Morgan fingerprint density at radius 1 is 1.19 bits per heavy atom. The summed E-state index contributed by atoms with van der Waals surface area (Å²) in [6.07, 6.45) is 4.83. The second-order valence-corrected chi connectivity index (χ2v) is 6.08. The molecule has 4 aromatic rings. The minimum Gasteiger partial charge on any atom is -0.364 e. The van der Waals surface area contributed by atoms with Crippen molar-refractivity contribution in [3.8, 4) is 0 Å². The molecular formula is C19H17N5O2. The molecule has 0 aliphatic heterocycles. The normalized spacial score (nSPS) is 11.0. The van der Waals surface area contributed by atoms with Gasteiger partial charge in [0.2, 0.25) is 0 Å². The molecule has 0 aliphatic carbocycles. The fourth-order valence-corrected chi connectivity index (χ4v) is 2.82. The molecule has 26 heavy (non-hydrogen) atoms. The van der Waals surface area contributed by atoms with E-state index < -0.39 is 0 Å². The molecule has 0 bridgehead atoms. The molecule has 0 unspecified atom stereocenters. The summed E-state index contributed by atoms with van der Waals surface area (Å²) in [5, 5.41) is 3.83. The van der Waals surface area contributed by atoms with E-state index in [1.807, 2.05) is 22.8 Å². The lowest BCUT2D eigenvalue weighted by Crippen LogP contribution is -2.26. The third-order valence-corrected chi connectivity index (χ3v) is 4.14. The van der Waals surface area contributed by atoms with E-state index in [0.717, 1.165) is 5.65 Å². The monoisotopic (exact) mass is 347 g/mol. The van der Waals surface area contributed by atoms with Crippen LogP contribution in [0.5, 0.6) is 0 Å². The molecule has 4 rings (SSSR count). The largest absolute Gasteiger partial charge is 0.364 e. The molecule has 0 N–H and O–H groups in total. The number of carbonyl (C=O) groups is 1. The van der Waals surface area contributed by atoms with Gasteiger partial charge in [-0.1, -0.05) is 35.5 Å². The number of pyridine rings is 1. The van der Waals surface area contributed by atoms with Gasteiger partial charge < -0.3 is 14.0 Å². The molecule has 3 aromatic heterocycles. The summed E-state index contributed by atoms with van der Waals surface area (Å²) in [7, 11) is 1.72. The topological polar surface area (TPSA) is 77.1 Å². The molecule has 0 spiro atoms. The van der Waals surface area contributed by atoms with Crippen molar-refractivity contribution in [1.29, 1.82) is 0 Å². The summed E-state index contributed by atoms with van der Waals surface area (Å²) >= 11 is 0. The number of hydrogen-bond acceptors (Lipinski definition) is 5. The van der Waals surface area contributed by atoms with Crippen molar-refractivity contribution in [3.63, 3.8) is 0 Å². The highest BCUT2D eigenvalue weighted by Crippen LogP contribution is 2.15. The van der Waals surface area contributed by atoms with E-state index in [0.29, 0.717) is 29.9 Å². The molecular weight excluding hydrogens is 330 g/mol. The Morgan fingerprint density at radius 3 is 2.81 bits per heavy atom. The number of rotatable bonds is 5. The number of aromatic nitrogens is 4. The molecule has 1 amide bonds. The maximum absolute atomic E-state index is 12.6. The molecule has 3 heterocycles. The predicted molar refractivity (Wildman–Crippen MR) is 95.4 cm³/mol. The average molecular weight is 347 g/mol. The number of benzene rings is 1. The maximum Gasteiger partial charge on any atom is 0.255 e. The van der Waals surface area contributed by atoms with Crippen molar-refractivity contribution in [2.24, 2.45) is 0 Å². The van der Waals surface area contributed by atoms with E-state index in [1.54, 1.807) is 36.6 Å². The zero-order chi connectivity index (χ0) is 17.9. The SMILES string of the molecule is CN(Cc1ccon1)C(=O)c1cnc2c(c1)ncn2Cc1ccccc1. The van der Waals surface area contributed by atoms with Crippen LogP contribution >= 0.6 is 0 Å². The Balaban J connectivity index is 1.55. The quantitative estimate of drug-likeness (QED) is 0.555. The van der Waals surface area contributed by atoms with Crippen LogP contribution in [0.15, 0.2) is 65.8 Å². The zero-order valence-electron chi connectivity index (χ0n) is 14.2. The van der Waals surface area contributed by atoms with Gasteiger partial charge in [0.1, 0.15) is 17.5 Å². The van der Waals surface area contributed by atoms with E-state index in [4.69, 9.17) is 4.52 Å². The van der Waals surface area contributed by atoms with E-state index in [-0.39, 0.29) is 5.91 Å². The third-order valence-electron chi connectivity index (χ3n) is 4.14. The number of amides is 1. The Labute approximate surface area is 149 Å². The Hall–Kier alpha value is -3.48. The van der Waals surface area contributed by atoms with Gasteiger partial charge in [-0.25, -0.2) is 9.97 Å². The fourth-order valence-electron chi connectivity index (χ4n) is 2.82. The van der Waals surface area contributed by atoms with Crippen molar-refractivity contribution < 1.29 is 9.32 Å². The molecule has 7 heteroatoms. The van der Waals surface area contributed by atoms with Crippen LogP contribution < -0.4 is 0 Å². The first kappa shape index (κ1) is 16.0. The highest BCUT2D eigenvalue weighted by atomic mass is 16.5. The van der Waals surface area contributed by atoms with E-state index in [2.05, 4.69) is 27.3 Å². The third kappa shape index (κ3) is 3.19. The summed E-state index contributed by atoms with van der Waals surface area (Å²) in [5.41, 5.74) is 3.81. The number of carbonyl (C=O) groups excluding carboxylic acids is 1. The highest BCUT2D eigenvalue weighted by molar-refractivity contribution is 5.96. The number of nitrogens with zero attached hydrogens (tertiary/aromatic N) is 5. The molecule has 0 saturated carbocycles. The van der Waals surface area contributed by atoms with Crippen LogP contribution in [0, 0.1) is 0 Å². The Bertz CT molecular complexity index is 1020. The van der Waals surface area contributed by atoms with Gasteiger partial charge in [0.15, 0.2) is 5.65 Å². The van der Waals surface area contributed by atoms with Crippen molar-refractivity contribution in [1.82, 2.24) is 24.6 Å². The van der Waals surface area contributed by atoms with Gasteiger partial charge in [0.05, 0.1) is 25.0 Å². The van der Waals surface area contributed by atoms with Crippen molar-refractivity contribution >= 4 is 17.1 Å². The Morgan fingerprint density at radius 2 is 2.04 bits per heavy atom. The first-order valence-electron chi connectivity index (χ1n) is 8.20. The van der Waals surface area contributed by atoms with Gasteiger partial charge in [0, 0.05) is 19.3 Å². The second kappa shape index (κ2) is 6.79. The molecule has 0 fully saturated rings. The molecule has 0 saturated heterocycles. The van der Waals surface area contributed by atoms with Crippen LogP contribution in [0.2, 0.25) is 0 Å². The van der Waals surface area contributed by atoms with Gasteiger partial charge in [-0.2, -0.15) is 0 Å². The van der Waals surface area contributed by atoms with Crippen molar-refractivity contribution in [3.05, 3.63) is 78.1 Å². The zero-order valence-corrected chi connectivity index (χ0v) is 14.2. The summed E-state index contributed by atoms with van der Waals surface area (Å²) in [6, 6.07) is 13.6.